The molecule has 0 unspecified atom stereocenters. The lowest BCUT2D eigenvalue weighted by Crippen LogP contribution is -2.28. The summed E-state index contributed by atoms with van der Waals surface area (Å²) in [7, 11) is 1.83. The third-order valence-corrected chi connectivity index (χ3v) is 5.27. The number of hydrogen-bond donors (Lipinski definition) is 1. The summed E-state index contributed by atoms with van der Waals surface area (Å²) < 4.78 is 16.6. The fourth-order valence-corrected chi connectivity index (χ4v) is 3.48. The van der Waals surface area contributed by atoms with Crippen molar-refractivity contribution in [2.45, 2.75) is 19.3 Å². The van der Waals surface area contributed by atoms with Crippen LogP contribution in [0.25, 0.3) is 28.2 Å². The highest BCUT2D eigenvalue weighted by molar-refractivity contribution is 5.92. The fraction of sp³-hybridized carbons (Fsp3) is 0.238. The minimum Gasteiger partial charge on any atom is -0.309 e. The van der Waals surface area contributed by atoms with E-state index in [1.54, 1.807) is 27.5 Å². The van der Waals surface area contributed by atoms with Crippen LogP contribution in [0.5, 0.6) is 0 Å². The van der Waals surface area contributed by atoms with Crippen LogP contribution < -0.4 is 5.32 Å². The van der Waals surface area contributed by atoms with Crippen molar-refractivity contribution in [3.8, 4) is 22.5 Å². The van der Waals surface area contributed by atoms with Crippen LogP contribution in [-0.4, -0.2) is 30.3 Å². The van der Waals surface area contributed by atoms with E-state index in [2.05, 4.69) is 20.5 Å². The zero-order chi connectivity index (χ0) is 20.0. The number of benzene rings is 1. The minimum absolute atomic E-state index is 0.0192. The molecule has 0 bridgehead atoms. The highest BCUT2D eigenvalue weighted by Gasteiger charge is 2.25. The van der Waals surface area contributed by atoms with E-state index in [1.165, 1.54) is 12.1 Å². The molecule has 29 heavy (non-hydrogen) atoms. The molecular formula is C21H19FN6O. The van der Waals surface area contributed by atoms with E-state index >= 15 is 0 Å². The first kappa shape index (κ1) is 17.5. The van der Waals surface area contributed by atoms with Gasteiger partial charge >= 0.3 is 0 Å². The molecule has 0 aliphatic heterocycles. The number of halogens is 1. The average molecular weight is 390 g/mol. The summed E-state index contributed by atoms with van der Waals surface area (Å²) in [5.74, 6) is 0.319. The number of aromatic nitrogens is 5. The van der Waals surface area contributed by atoms with Crippen LogP contribution >= 0.6 is 0 Å². The predicted octanol–water partition coefficient (Wildman–Crippen LogP) is 3.67. The molecule has 7 nitrogen and oxygen atoms in total. The number of rotatable bonds is 4. The number of hydrogen-bond acceptors (Lipinski definition) is 4. The molecule has 0 radical (unpaired) electrons. The van der Waals surface area contributed by atoms with Crippen molar-refractivity contribution in [1.29, 1.82) is 0 Å². The Kier molecular flexibility index (Phi) is 4.12. The SMILES string of the molecule is Cn1cc(-c2ccc3nc(NC(=O)C4CCC4)cn3n2)c(-c2ccc(F)cc2)n1. The highest BCUT2D eigenvalue weighted by Crippen LogP contribution is 2.30. The molecular weight excluding hydrogens is 371 g/mol. The van der Waals surface area contributed by atoms with E-state index in [9.17, 15) is 9.18 Å². The van der Waals surface area contributed by atoms with Crippen LogP contribution in [0.4, 0.5) is 10.2 Å². The monoisotopic (exact) mass is 390 g/mol. The third kappa shape index (κ3) is 3.26. The van der Waals surface area contributed by atoms with Crippen molar-refractivity contribution < 1.29 is 9.18 Å². The second kappa shape index (κ2) is 6.80. The summed E-state index contributed by atoms with van der Waals surface area (Å²) in [6.07, 6.45) is 6.58. The van der Waals surface area contributed by atoms with Gasteiger partial charge in [0.05, 0.1) is 11.9 Å². The lowest BCUT2D eigenvalue weighted by Gasteiger charge is -2.23. The molecule has 0 atom stereocenters. The highest BCUT2D eigenvalue weighted by atomic mass is 19.1. The van der Waals surface area contributed by atoms with Crippen LogP contribution in [-0.2, 0) is 11.8 Å². The second-order valence-electron chi connectivity index (χ2n) is 7.34. The number of fused-ring (bicyclic) bond motifs is 1. The summed E-state index contributed by atoms with van der Waals surface area (Å²) in [6, 6.07) is 9.94. The zero-order valence-electron chi connectivity index (χ0n) is 15.8. The smallest absolute Gasteiger partial charge is 0.228 e. The molecule has 1 saturated carbocycles. The summed E-state index contributed by atoms with van der Waals surface area (Å²) in [5, 5.41) is 12.0. The van der Waals surface area contributed by atoms with Gasteiger partial charge in [-0.15, -0.1) is 0 Å². The first-order valence-electron chi connectivity index (χ1n) is 9.54. The molecule has 0 saturated heterocycles. The molecule has 1 amide bonds. The van der Waals surface area contributed by atoms with Gasteiger partial charge in [-0.3, -0.25) is 9.48 Å². The maximum absolute atomic E-state index is 13.3. The van der Waals surface area contributed by atoms with Crippen molar-refractivity contribution in [1.82, 2.24) is 24.4 Å². The first-order chi connectivity index (χ1) is 14.1. The quantitative estimate of drug-likeness (QED) is 0.577. The van der Waals surface area contributed by atoms with Gasteiger partial charge in [-0.25, -0.2) is 13.9 Å². The van der Waals surface area contributed by atoms with Gasteiger partial charge in [0, 0.05) is 30.3 Å². The Morgan fingerprint density at radius 3 is 2.62 bits per heavy atom. The molecule has 1 fully saturated rings. The van der Waals surface area contributed by atoms with Gasteiger partial charge in [0.1, 0.15) is 11.5 Å². The molecule has 146 valence electrons. The first-order valence-corrected chi connectivity index (χ1v) is 9.54. The maximum Gasteiger partial charge on any atom is 0.228 e. The molecule has 5 rings (SSSR count). The standard InChI is InChI=1S/C21H19FN6O/c1-27-11-16(20(26-27)13-5-7-15(22)8-6-13)17-9-10-19-23-18(12-28(19)25-17)24-21(29)14-3-2-4-14/h5-12,14H,2-4H2,1H3,(H,24,29). The van der Waals surface area contributed by atoms with Gasteiger partial charge in [0.25, 0.3) is 0 Å². The normalized spacial score (nSPS) is 14.1. The van der Waals surface area contributed by atoms with E-state index in [4.69, 9.17) is 0 Å². The number of anilines is 1. The van der Waals surface area contributed by atoms with Gasteiger partial charge in [0.2, 0.25) is 5.91 Å². The minimum atomic E-state index is -0.291. The van der Waals surface area contributed by atoms with Crippen molar-refractivity contribution in [2.75, 3.05) is 5.32 Å². The van der Waals surface area contributed by atoms with E-state index < -0.39 is 0 Å². The summed E-state index contributed by atoms with van der Waals surface area (Å²) >= 11 is 0. The summed E-state index contributed by atoms with van der Waals surface area (Å²) in [6.45, 7) is 0. The Morgan fingerprint density at radius 2 is 1.90 bits per heavy atom. The molecule has 1 aromatic carbocycles. The van der Waals surface area contributed by atoms with Crippen LogP contribution in [0, 0.1) is 11.7 Å². The summed E-state index contributed by atoms with van der Waals surface area (Å²) in [5.41, 5.74) is 3.71. The van der Waals surface area contributed by atoms with Crippen molar-refractivity contribution in [3.05, 3.63) is 54.6 Å². The Labute approximate surface area is 166 Å². The molecule has 3 aromatic heterocycles. The number of nitrogens with zero attached hydrogens (tertiary/aromatic N) is 5. The number of amides is 1. The molecule has 1 aliphatic carbocycles. The summed E-state index contributed by atoms with van der Waals surface area (Å²) in [4.78, 5) is 16.6. The average Bonchev–Trinajstić information content (AvgIpc) is 3.22. The number of carbonyl (C=O) groups is 1. The number of nitrogens with one attached hydrogen (secondary N) is 1. The van der Waals surface area contributed by atoms with Crippen LogP contribution in [0.15, 0.2) is 48.8 Å². The van der Waals surface area contributed by atoms with Gasteiger partial charge in [-0.2, -0.15) is 10.2 Å². The van der Waals surface area contributed by atoms with Crippen LogP contribution in [0.3, 0.4) is 0 Å². The van der Waals surface area contributed by atoms with Gasteiger partial charge in [0.15, 0.2) is 11.5 Å². The Balaban J connectivity index is 1.49. The predicted molar refractivity (Wildman–Crippen MR) is 107 cm³/mol. The van der Waals surface area contributed by atoms with Gasteiger partial charge < -0.3 is 5.32 Å². The Bertz CT molecular complexity index is 1210. The second-order valence-corrected chi connectivity index (χ2v) is 7.34. The topological polar surface area (TPSA) is 77.1 Å². The van der Waals surface area contributed by atoms with E-state index in [0.29, 0.717) is 17.2 Å². The van der Waals surface area contributed by atoms with Crippen LogP contribution in [0.1, 0.15) is 19.3 Å². The van der Waals surface area contributed by atoms with E-state index in [1.807, 2.05) is 25.4 Å². The van der Waals surface area contributed by atoms with Crippen molar-refractivity contribution >= 4 is 17.4 Å². The van der Waals surface area contributed by atoms with E-state index in [0.717, 1.165) is 36.1 Å². The van der Waals surface area contributed by atoms with Crippen molar-refractivity contribution in [3.63, 3.8) is 0 Å². The molecule has 3 heterocycles. The van der Waals surface area contributed by atoms with E-state index in [-0.39, 0.29) is 17.6 Å². The lowest BCUT2D eigenvalue weighted by atomic mass is 9.85. The number of carbonyl (C=O) groups excluding carboxylic acids is 1. The maximum atomic E-state index is 13.3. The molecule has 1 aliphatic rings. The number of imidazole rings is 1. The third-order valence-electron chi connectivity index (χ3n) is 5.27. The number of aryl methyl sites for hydroxylation is 1. The zero-order valence-corrected chi connectivity index (χ0v) is 15.8. The van der Waals surface area contributed by atoms with Crippen LogP contribution in [0.2, 0.25) is 0 Å². The largest absolute Gasteiger partial charge is 0.309 e. The Morgan fingerprint density at radius 1 is 1.10 bits per heavy atom. The molecule has 4 aromatic rings. The fourth-order valence-electron chi connectivity index (χ4n) is 3.48. The van der Waals surface area contributed by atoms with Gasteiger partial charge in [-0.05, 0) is 49.2 Å². The lowest BCUT2D eigenvalue weighted by molar-refractivity contribution is -0.122. The molecule has 8 heteroatoms. The molecule has 1 N–H and O–H groups in total. The Hall–Kier alpha value is -3.55. The molecule has 0 spiro atoms. The van der Waals surface area contributed by atoms with Crippen molar-refractivity contribution in [2.24, 2.45) is 13.0 Å². The van der Waals surface area contributed by atoms with Gasteiger partial charge in [-0.1, -0.05) is 6.42 Å².